The Morgan fingerprint density at radius 1 is 0.509 bits per heavy atom. The summed E-state index contributed by atoms with van der Waals surface area (Å²) in [6.45, 7) is 1.41. The molecule has 0 bridgehead atoms. The van der Waals surface area contributed by atoms with Gasteiger partial charge >= 0.3 is 0 Å². The molecule has 0 spiro atoms. The molecule has 4 atom stereocenters. The van der Waals surface area contributed by atoms with Gasteiger partial charge in [-0.3, -0.25) is 24.0 Å². The fraction of sp³-hybridized carbons (Fsp3) is 0.295. The Hall–Kier alpha value is -6.23. The number of likely N-dealkylation sites (N-methyl/N-ethyl adjacent to an activating group) is 4. The monoisotopic (exact) mass is 742 g/mol. The van der Waals surface area contributed by atoms with Gasteiger partial charge in [0, 0.05) is 77.9 Å². The number of primary amides is 1. The molecule has 11 heteroatoms. The van der Waals surface area contributed by atoms with E-state index < -0.39 is 47.8 Å². The summed E-state index contributed by atoms with van der Waals surface area (Å²) in [5.74, 6) is -2.34. The molecule has 5 rings (SSSR count). The highest BCUT2D eigenvalue weighted by Crippen LogP contribution is 2.23. The number of aromatic amines is 1. The fourth-order valence-corrected chi connectivity index (χ4v) is 7.00. The lowest BCUT2D eigenvalue weighted by Crippen LogP contribution is -2.60. The van der Waals surface area contributed by atoms with Crippen LogP contribution in [0.4, 0.5) is 0 Å². The third-order valence-corrected chi connectivity index (χ3v) is 10.5. The zero-order chi connectivity index (χ0) is 39.6. The first-order chi connectivity index (χ1) is 26.4. The second kappa shape index (κ2) is 18.2. The third-order valence-electron chi connectivity index (χ3n) is 10.5. The Morgan fingerprint density at radius 2 is 0.873 bits per heavy atom. The van der Waals surface area contributed by atoms with E-state index in [1.54, 1.807) is 21.1 Å². The van der Waals surface area contributed by atoms with Gasteiger partial charge < -0.3 is 30.3 Å². The summed E-state index contributed by atoms with van der Waals surface area (Å²) in [6.07, 6.45) is 2.54. The molecule has 4 aromatic carbocycles. The average Bonchev–Trinajstić information content (AvgIpc) is 3.62. The molecular formula is C44H50N6O5. The van der Waals surface area contributed by atoms with Crippen LogP contribution in [0, 0.1) is 0 Å². The number of H-pyrrole nitrogens is 1. The van der Waals surface area contributed by atoms with Crippen molar-refractivity contribution in [3.8, 4) is 0 Å². The first kappa shape index (κ1) is 40.0. The Kier molecular flexibility index (Phi) is 13.2. The van der Waals surface area contributed by atoms with Crippen LogP contribution in [0.2, 0.25) is 0 Å². The molecule has 55 heavy (non-hydrogen) atoms. The van der Waals surface area contributed by atoms with Crippen LogP contribution in [0.25, 0.3) is 10.9 Å². The zero-order valence-electron chi connectivity index (χ0n) is 32.1. The van der Waals surface area contributed by atoms with Gasteiger partial charge in [0.1, 0.15) is 24.2 Å². The molecule has 0 aliphatic rings. The minimum Gasteiger partial charge on any atom is -0.368 e. The number of benzene rings is 4. The lowest BCUT2D eigenvalue weighted by atomic mass is 9.97. The van der Waals surface area contributed by atoms with Crippen LogP contribution in [0.1, 0.15) is 29.2 Å². The van der Waals surface area contributed by atoms with Crippen molar-refractivity contribution in [1.29, 1.82) is 0 Å². The molecule has 11 nitrogen and oxygen atoms in total. The molecule has 0 unspecified atom stereocenters. The van der Waals surface area contributed by atoms with E-state index in [2.05, 4.69) is 4.98 Å². The predicted octanol–water partition coefficient (Wildman–Crippen LogP) is 4.25. The van der Waals surface area contributed by atoms with Crippen LogP contribution in [-0.2, 0) is 49.7 Å². The van der Waals surface area contributed by atoms with E-state index >= 15 is 0 Å². The second-order valence-electron chi connectivity index (χ2n) is 14.1. The summed E-state index contributed by atoms with van der Waals surface area (Å²) in [6, 6.07) is 31.7. The van der Waals surface area contributed by atoms with E-state index in [9.17, 15) is 24.0 Å². The van der Waals surface area contributed by atoms with Gasteiger partial charge in [0.2, 0.25) is 29.5 Å². The van der Waals surface area contributed by atoms with Gasteiger partial charge in [0.25, 0.3) is 0 Å². The number of nitrogens with zero attached hydrogens (tertiary/aromatic N) is 4. The summed E-state index contributed by atoms with van der Waals surface area (Å²) in [5, 5.41) is 0.935. The van der Waals surface area contributed by atoms with Gasteiger partial charge in [-0.1, -0.05) is 109 Å². The number of hydrogen-bond donors (Lipinski definition) is 2. The molecule has 0 saturated heterocycles. The van der Waals surface area contributed by atoms with Crippen LogP contribution in [-0.4, -0.2) is 106 Å². The number of nitrogens with two attached hydrogens (primary N) is 1. The molecular weight excluding hydrogens is 693 g/mol. The summed E-state index contributed by atoms with van der Waals surface area (Å²) in [4.78, 5) is 78.6. The molecule has 1 heterocycles. The molecule has 0 radical (unpaired) electrons. The normalized spacial score (nSPS) is 13.3. The molecule has 0 aliphatic carbocycles. The second-order valence-corrected chi connectivity index (χ2v) is 14.1. The third kappa shape index (κ3) is 9.66. The Bertz CT molecular complexity index is 2090. The van der Waals surface area contributed by atoms with E-state index in [4.69, 9.17) is 5.73 Å². The van der Waals surface area contributed by atoms with Crippen molar-refractivity contribution < 1.29 is 24.0 Å². The topological polar surface area (TPSA) is 140 Å². The van der Waals surface area contributed by atoms with Crippen molar-refractivity contribution in [2.75, 3.05) is 28.2 Å². The maximum absolute atomic E-state index is 14.9. The molecule has 0 saturated carbocycles. The molecule has 0 fully saturated rings. The van der Waals surface area contributed by atoms with E-state index in [1.165, 1.54) is 33.6 Å². The van der Waals surface area contributed by atoms with Gasteiger partial charge in [-0.2, -0.15) is 0 Å². The Labute approximate surface area is 322 Å². The van der Waals surface area contributed by atoms with Crippen LogP contribution in [0.15, 0.2) is 121 Å². The number of hydrogen-bond acceptors (Lipinski definition) is 5. The fourth-order valence-electron chi connectivity index (χ4n) is 7.00. The highest BCUT2D eigenvalue weighted by molar-refractivity contribution is 5.96. The van der Waals surface area contributed by atoms with E-state index in [1.807, 2.05) is 121 Å². The number of carbonyl (C=O) groups excluding carboxylic acids is 5. The quantitative estimate of drug-likeness (QED) is 0.156. The number of amides is 5. The molecule has 5 amide bonds. The summed E-state index contributed by atoms with van der Waals surface area (Å²) in [5.41, 5.74) is 10.1. The standard InChI is InChI=1S/C44H50N6O5/c1-30(51)47(2)40(28-34-29-46-36-24-16-15-23-35(34)36)44(55)50(5)39(27-33-21-13-8-14-22-33)43(54)49(4)38(26-32-19-11-7-12-20-32)42(53)48(3)37(41(45)52)25-31-17-9-6-10-18-31/h6-24,29,37-40,46H,25-28H2,1-5H3,(H2,45,52)/t37-,38-,39-,40-/m0/s1. The van der Waals surface area contributed by atoms with Gasteiger partial charge in [0.15, 0.2) is 0 Å². The molecule has 0 aliphatic heterocycles. The van der Waals surface area contributed by atoms with Crippen molar-refractivity contribution in [2.24, 2.45) is 5.73 Å². The number of rotatable bonds is 16. The van der Waals surface area contributed by atoms with Gasteiger partial charge in [-0.05, 0) is 28.3 Å². The van der Waals surface area contributed by atoms with Crippen LogP contribution in [0.5, 0.6) is 0 Å². The number of aromatic nitrogens is 1. The largest absolute Gasteiger partial charge is 0.368 e. The Balaban J connectivity index is 1.50. The van der Waals surface area contributed by atoms with Crippen molar-refractivity contribution in [3.05, 3.63) is 144 Å². The highest BCUT2D eigenvalue weighted by Gasteiger charge is 2.40. The number of para-hydroxylation sites is 1. The lowest BCUT2D eigenvalue weighted by molar-refractivity contribution is -0.153. The van der Waals surface area contributed by atoms with Crippen LogP contribution in [0.3, 0.4) is 0 Å². The van der Waals surface area contributed by atoms with Gasteiger partial charge in [0.05, 0.1) is 0 Å². The molecule has 1 aromatic heterocycles. The van der Waals surface area contributed by atoms with Gasteiger partial charge in [-0.25, -0.2) is 0 Å². The van der Waals surface area contributed by atoms with Crippen molar-refractivity contribution >= 4 is 40.4 Å². The SMILES string of the molecule is CC(=O)N(C)[C@@H](Cc1c[nH]c2ccccc12)C(=O)N(C)[C@@H](Cc1ccccc1)C(=O)N(C)[C@@H](Cc1ccccc1)C(=O)N(C)[C@@H](Cc1ccccc1)C(N)=O. The van der Waals surface area contributed by atoms with Crippen molar-refractivity contribution in [1.82, 2.24) is 24.6 Å². The minimum atomic E-state index is -1.06. The number of fused-ring (bicyclic) bond motifs is 1. The number of nitrogens with one attached hydrogen (secondary N) is 1. The molecule has 3 N–H and O–H groups in total. The van der Waals surface area contributed by atoms with E-state index in [0.29, 0.717) is 0 Å². The van der Waals surface area contributed by atoms with E-state index in [-0.39, 0.29) is 31.6 Å². The minimum absolute atomic E-state index is 0.148. The van der Waals surface area contributed by atoms with Crippen molar-refractivity contribution in [2.45, 2.75) is 56.8 Å². The van der Waals surface area contributed by atoms with E-state index in [0.717, 1.165) is 33.2 Å². The first-order valence-electron chi connectivity index (χ1n) is 18.4. The Morgan fingerprint density at radius 3 is 1.29 bits per heavy atom. The maximum Gasteiger partial charge on any atom is 0.246 e. The maximum atomic E-state index is 14.9. The van der Waals surface area contributed by atoms with Crippen LogP contribution >= 0.6 is 0 Å². The zero-order valence-corrected chi connectivity index (χ0v) is 32.1. The average molecular weight is 743 g/mol. The summed E-state index contributed by atoms with van der Waals surface area (Å²) in [7, 11) is 6.24. The lowest BCUT2D eigenvalue weighted by Gasteiger charge is -2.38. The summed E-state index contributed by atoms with van der Waals surface area (Å²) >= 11 is 0. The highest BCUT2D eigenvalue weighted by atomic mass is 16.2. The van der Waals surface area contributed by atoms with Crippen LogP contribution < -0.4 is 5.73 Å². The smallest absolute Gasteiger partial charge is 0.246 e. The number of carbonyl (C=O) groups is 5. The molecule has 286 valence electrons. The summed E-state index contributed by atoms with van der Waals surface area (Å²) < 4.78 is 0. The molecule has 5 aromatic rings. The predicted molar refractivity (Wildman–Crippen MR) is 214 cm³/mol. The van der Waals surface area contributed by atoms with Crippen molar-refractivity contribution in [3.63, 3.8) is 0 Å². The van der Waals surface area contributed by atoms with Gasteiger partial charge in [-0.15, -0.1) is 0 Å². The first-order valence-corrected chi connectivity index (χ1v) is 18.4.